The summed E-state index contributed by atoms with van der Waals surface area (Å²) in [7, 11) is 0. The van der Waals surface area contributed by atoms with Crippen molar-refractivity contribution in [2.75, 3.05) is 13.2 Å². The minimum Gasteiger partial charge on any atom is -0.461 e. The number of ether oxygens (including phenoxy) is 1. The Morgan fingerprint density at radius 2 is 2.08 bits per heavy atom. The van der Waals surface area contributed by atoms with Crippen molar-refractivity contribution in [3.63, 3.8) is 0 Å². The van der Waals surface area contributed by atoms with Gasteiger partial charge in [0.2, 0.25) is 0 Å². The highest BCUT2D eigenvalue weighted by Crippen LogP contribution is 2.19. The maximum absolute atomic E-state index is 12.8. The van der Waals surface area contributed by atoms with Gasteiger partial charge in [-0.3, -0.25) is 0 Å². The summed E-state index contributed by atoms with van der Waals surface area (Å²) in [4.78, 5) is 30.7. The van der Waals surface area contributed by atoms with Gasteiger partial charge in [-0.15, -0.1) is 11.3 Å². The van der Waals surface area contributed by atoms with Crippen molar-refractivity contribution in [2.45, 2.75) is 71.9 Å². The Morgan fingerprint density at radius 1 is 1.35 bits per heavy atom. The van der Waals surface area contributed by atoms with Crippen LogP contribution in [0.4, 0.5) is 4.79 Å². The number of amides is 2. The third-order valence-electron chi connectivity index (χ3n) is 4.56. The normalized spacial score (nSPS) is 15.1. The summed E-state index contributed by atoms with van der Waals surface area (Å²) in [6.07, 6.45) is 6.70. The summed E-state index contributed by atoms with van der Waals surface area (Å²) in [5, 5.41) is 5.65. The molecular weight excluding hydrogens is 350 g/mol. The quantitative estimate of drug-likeness (QED) is 0.685. The fourth-order valence-electron chi connectivity index (χ4n) is 3.02. The molecule has 1 aromatic heterocycles. The monoisotopic (exact) mass is 381 g/mol. The summed E-state index contributed by atoms with van der Waals surface area (Å²) in [5.41, 5.74) is 0.323. The number of nitrogens with zero attached hydrogens (tertiary/aromatic N) is 2. The molecule has 1 heterocycles. The molecule has 146 valence electrons. The largest absolute Gasteiger partial charge is 0.461 e. The van der Waals surface area contributed by atoms with E-state index in [-0.39, 0.29) is 12.1 Å². The first-order valence-corrected chi connectivity index (χ1v) is 10.5. The minimum absolute atomic E-state index is 0.0227. The molecular formula is C19H31N3O3S. The third kappa shape index (κ3) is 6.59. The Bertz CT molecular complexity index is 582. The molecule has 2 amide bonds. The Kier molecular flexibility index (Phi) is 8.35. The van der Waals surface area contributed by atoms with Crippen molar-refractivity contribution >= 4 is 23.3 Å². The van der Waals surface area contributed by atoms with Crippen LogP contribution in [0.2, 0.25) is 0 Å². The fraction of sp³-hybridized carbons (Fsp3) is 0.737. The first-order chi connectivity index (χ1) is 12.5. The highest BCUT2D eigenvalue weighted by molar-refractivity contribution is 7.09. The van der Waals surface area contributed by atoms with E-state index in [9.17, 15) is 9.59 Å². The zero-order chi connectivity index (χ0) is 18.9. The van der Waals surface area contributed by atoms with Crippen LogP contribution >= 0.6 is 11.3 Å². The zero-order valence-corrected chi connectivity index (χ0v) is 16.9. The number of rotatable bonds is 8. The minimum atomic E-state index is -0.407. The number of thiazole rings is 1. The molecule has 6 nitrogen and oxygen atoms in total. The predicted molar refractivity (Wildman–Crippen MR) is 103 cm³/mol. The molecule has 1 aromatic rings. The van der Waals surface area contributed by atoms with Crippen LogP contribution in [0.15, 0.2) is 5.38 Å². The third-order valence-corrected chi connectivity index (χ3v) is 5.39. The number of carbonyl (C=O) groups is 2. The average molecular weight is 382 g/mol. The van der Waals surface area contributed by atoms with Gasteiger partial charge in [0.25, 0.3) is 0 Å². The lowest BCUT2D eigenvalue weighted by Gasteiger charge is -2.28. The summed E-state index contributed by atoms with van der Waals surface area (Å²) in [5.74, 6) is 0.113. The Balaban J connectivity index is 1.99. The molecule has 7 heteroatoms. The number of aromatic nitrogens is 1. The Hall–Kier alpha value is -1.63. The molecule has 1 aliphatic rings. The highest BCUT2D eigenvalue weighted by atomic mass is 32.1. The second-order valence-electron chi connectivity index (χ2n) is 7.24. The van der Waals surface area contributed by atoms with E-state index in [1.807, 2.05) is 4.90 Å². The molecule has 1 aliphatic carbocycles. The maximum atomic E-state index is 12.8. The lowest BCUT2D eigenvalue weighted by Crippen LogP contribution is -2.45. The van der Waals surface area contributed by atoms with E-state index >= 15 is 0 Å². The molecule has 1 N–H and O–H groups in total. The number of carbonyl (C=O) groups excluding carboxylic acids is 2. The van der Waals surface area contributed by atoms with Gasteiger partial charge in [0.15, 0.2) is 5.69 Å². The van der Waals surface area contributed by atoms with E-state index in [2.05, 4.69) is 24.1 Å². The number of nitrogens with one attached hydrogen (secondary N) is 1. The maximum Gasteiger partial charge on any atom is 0.357 e. The lowest BCUT2D eigenvalue weighted by molar-refractivity contribution is 0.0520. The molecule has 2 rings (SSSR count). The van der Waals surface area contributed by atoms with Crippen LogP contribution in [0, 0.1) is 5.92 Å². The van der Waals surface area contributed by atoms with Gasteiger partial charge in [-0.25, -0.2) is 14.6 Å². The second-order valence-corrected chi connectivity index (χ2v) is 8.18. The molecule has 0 unspecified atom stereocenters. The summed E-state index contributed by atoms with van der Waals surface area (Å²) in [6.45, 7) is 7.52. The van der Waals surface area contributed by atoms with Crippen molar-refractivity contribution in [3.05, 3.63) is 16.1 Å². The van der Waals surface area contributed by atoms with E-state index in [0.717, 1.165) is 24.3 Å². The van der Waals surface area contributed by atoms with Crippen molar-refractivity contribution in [1.29, 1.82) is 0 Å². The summed E-state index contributed by atoms with van der Waals surface area (Å²) in [6, 6.07) is 0.259. The molecule has 0 bridgehead atoms. The van der Waals surface area contributed by atoms with Gasteiger partial charge in [0.05, 0.1) is 13.2 Å². The molecule has 0 saturated heterocycles. The zero-order valence-electron chi connectivity index (χ0n) is 16.1. The van der Waals surface area contributed by atoms with Gasteiger partial charge < -0.3 is 15.0 Å². The number of esters is 1. The molecule has 0 aliphatic heterocycles. The summed E-state index contributed by atoms with van der Waals surface area (Å²) < 4.78 is 4.99. The second kappa shape index (κ2) is 10.5. The van der Waals surface area contributed by atoms with Crippen molar-refractivity contribution in [1.82, 2.24) is 15.2 Å². The van der Waals surface area contributed by atoms with E-state index in [0.29, 0.717) is 31.3 Å². The van der Waals surface area contributed by atoms with Crippen LogP contribution in [-0.2, 0) is 11.3 Å². The predicted octanol–water partition coefficient (Wildman–Crippen LogP) is 4.21. The van der Waals surface area contributed by atoms with E-state index in [4.69, 9.17) is 4.74 Å². The van der Waals surface area contributed by atoms with E-state index in [1.165, 1.54) is 30.6 Å². The van der Waals surface area contributed by atoms with E-state index < -0.39 is 5.97 Å². The van der Waals surface area contributed by atoms with Crippen LogP contribution in [0.1, 0.15) is 74.8 Å². The number of hydrogen-bond acceptors (Lipinski definition) is 5. The van der Waals surface area contributed by atoms with Gasteiger partial charge in [-0.1, -0.05) is 33.1 Å². The van der Waals surface area contributed by atoms with Crippen LogP contribution in [0.3, 0.4) is 0 Å². The molecule has 26 heavy (non-hydrogen) atoms. The fourth-order valence-corrected chi connectivity index (χ4v) is 3.80. The molecule has 1 saturated carbocycles. The molecule has 0 spiro atoms. The van der Waals surface area contributed by atoms with Crippen molar-refractivity contribution in [2.24, 2.45) is 5.92 Å². The van der Waals surface area contributed by atoms with Gasteiger partial charge >= 0.3 is 12.0 Å². The van der Waals surface area contributed by atoms with Crippen LogP contribution in [0.25, 0.3) is 0 Å². The molecule has 0 atom stereocenters. The average Bonchev–Trinajstić information content (AvgIpc) is 3.08. The van der Waals surface area contributed by atoms with Gasteiger partial charge in [0.1, 0.15) is 5.01 Å². The summed E-state index contributed by atoms with van der Waals surface area (Å²) >= 11 is 1.40. The lowest BCUT2D eigenvalue weighted by atomic mass is 9.96. The molecule has 0 radical (unpaired) electrons. The van der Waals surface area contributed by atoms with E-state index in [1.54, 1.807) is 12.3 Å². The smallest absolute Gasteiger partial charge is 0.357 e. The standard InChI is InChI=1S/C19H31N3O3S/c1-4-25-18(23)16-13-26-17(21-16)12-22(11-10-14(2)3)19(24)20-15-8-6-5-7-9-15/h13-15H,4-12H2,1-3H3,(H,20,24). The van der Waals surface area contributed by atoms with Crippen LogP contribution in [0.5, 0.6) is 0 Å². The van der Waals surface area contributed by atoms with Crippen molar-refractivity contribution < 1.29 is 14.3 Å². The number of urea groups is 1. The first-order valence-electron chi connectivity index (χ1n) is 9.66. The topological polar surface area (TPSA) is 71.5 Å². The number of hydrogen-bond donors (Lipinski definition) is 1. The van der Waals surface area contributed by atoms with Gasteiger partial charge in [-0.2, -0.15) is 0 Å². The highest BCUT2D eigenvalue weighted by Gasteiger charge is 2.22. The molecule has 0 aromatic carbocycles. The van der Waals surface area contributed by atoms with Crippen LogP contribution in [-0.4, -0.2) is 41.1 Å². The van der Waals surface area contributed by atoms with Crippen LogP contribution < -0.4 is 5.32 Å². The van der Waals surface area contributed by atoms with Gasteiger partial charge in [-0.05, 0) is 32.1 Å². The molecule has 1 fully saturated rings. The Labute approximate surface area is 160 Å². The van der Waals surface area contributed by atoms with Crippen molar-refractivity contribution in [3.8, 4) is 0 Å². The first kappa shape index (κ1) is 20.7. The SMILES string of the molecule is CCOC(=O)c1csc(CN(CCC(C)C)C(=O)NC2CCCCC2)n1. The Morgan fingerprint density at radius 3 is 2.73 bits per heavy atom. The van der Waals surface area contributed by atoms with Gasteiger partial charge in [0, 0.05) is 18.0 Å².